The molecule has 1 aromatic rings. The quantitative estimate of drug-likeness (QED) is 0.774. The average molecular weight is 225 g/mol. The average Bonchev–Trinajstić information content (AvgIpc) is 2.02. The molecule has 0 saturated heterocycles. The van der Waals surface area contributed by atoms with Crippen LogP contribution in [0.2, 0.25) is 0 Å². The van der Waals surface area contributed by atoms with Crippen molar-refractivity contribution in [1.82, 2.24) is 0 Å². The lowest BCUT2D eigenvalue weighted by atomic mass is 10.3. The Hall–Kier alpha value is -1.24. The molecule has 0 unspecified atom stereocenters. The molecule has 0 amide bonds. The van der Waals surface area contributed by atoms with Gasteiger partial charge in [0.05, 0.1) is 5.69 Å². The zero-order valence-electron chi connectivity index (χ0n) is 6.75. The molecule has 0 aliphatic heterocycles. The van der Waals surface area contributed by atoms with Gasteiger partial charge >= 0.3 is 5.76 Å². The Morgan fingerprint density at radius 3 is 2.29 bits per heavy atom. The second-order valence-electron chi connectivity index (χ2n) is 2.46. The summed E-state index contributed by atoms with van der Waals surface area (Å²) in [5, 5.41) is 0. The van der Waals surface area contributed by atoms with Crippen molar-refractivity contribution < 1.29 is 21.6 Å². The number of nitrogen functional groups attached to an aromatic ring is 1. The first-order valence-corrected chi connectivity index (χ1v) is 4.98. The minimum absolute atomic E-state index is 0.523. The van der Waals surface area contributed by atoms with Crippen molar-refractivity contribution in [3.63, 3.8) is 0 Å². The van der Waals surface area contributed by atoms with Crippen LogP contribution in [0, 0.1) is 5.82 Å². The van der Waals surface area contributed by atoms with Gasteiger partial charge in [-0.3, -0.25) is 0 Å². The fourth-order valence-corrected chi connectivity index (χ4v) is 1.83. The molecule has 1 rings (SSSR count). The molecule has 0 radical (unpaired) electrons. The van der Waals surface area contributed by atoms with E-state index in [1.165, 1.54) is 0 Å². The minimum Gasteiger partial charge on any atom is -0.398 e. The van der Waals surface area contributed by atoms with E-state index in [-0.39, 0.29) is 0 Å². The van der Waals surface area contributed by atoms with Gasteiger partial charge in [0.25, 0.3) is 0 Å². The molecule has 0 saturated carbocycles. The third-order valence-electron chi connectivity index (χ3n) is 1.52. The van der Waals surface area contributed by atoms with Gasteiger partial charge < -0.3 is 5.73 Å². The van der Waals surface area contributed by atoms with Gasteiger partial charge in [-0.05, 0) is 12.1 Å². The standard InChI is InChI=1S/C7H6F3NO2S/c8-4-2-1-3-5(11)6(4)14(12,13)7(9)10/h1-3,7H,11H2. The largest absolute Gasteiger partial charge is 0.398 e. The van der Waals surface area contributed by atoms with Crippen molar-refractivity contribution in [3.8, 4) is 0 Å². The Labute approximate surface area is 78.3 Å². The summed E-state index contributed by atoms with van der Waals surface area (Å²) in [5.41, 5.74) is 4.57. The number of halogens is 3. The van der Waals surface area contributed by atoms with Crippen molar-refractivity contribution in [2.24, 2.45) is 0 Å². The summed E-state index contributed by atoms with van der Waals surface area (Å²) in [5.74, 6) is -4.95. The third kappa shape index (κ3) is 1.67. The zero-order chi connectivity index (χ0) is 10.9. The van der Waals surface area contributed by atoms with Crippen molar-refractivity contribution >= 4 is 15.5 Å². The number of sulfone groups is 1. The highest BCUT2D eigenvalue weighted by molar-refractivity contribution is 7.91. The van der Waals surface area contributed by atoms with Crippen molar-refractivity contribution in [3.05, 3.63) is 24.0 Å². The highest BCUT2D eigenvalue weighted by Crippen LogP contribution is 2.26. The van der Waals surface area contributed by atoms with E-state index >= 15 is 0 Å². The van der Waals surface area contributed by atoms with E-state index in [0.29, 0.717) is 0 Å². The molecule has 1 aromatic carbocycles. The number of hydrogen-bond donors (Lipinski definition) is 1. The summed E-state index contributed by atoms with van der Waals surface area (Å²) in [6, 6.07) is 2.93. The number of benzene rings is 1. The van der Waals surface area contributed by atoms with Gasteiger partial charge in [-0.2, -0.15) is 8.78 Å². The lowest BCUT2D eigenvalue weighted by Gasteiger charge is -2.06. The van der Waals surface area contributed by atoms with Crippen LogP contribution in [0.4, 0.5) is 18.9 Å². The van der Waals surface area contributed by atoms with Gasteiger partial charge in [-0.25, -0.2) is 12.8 Å². The van der Waals surface area contributed by atoms with E-state index < -0.39 is 32.0 Å². The van der Waals surface area contributed by atoms with Crippen molar-refractivity contribution in [2.75, 3.05) is 5.73 Å². The summed E-state index contributed by atoms with van der Waals surface area (Å²) in [6.07, 6.45) is 0. The Balaban J connectivity index is 3.48. The molecule has 14 heavy (non-hydrogen) atoms. The monoisotopic (exact) mass is 225 g/mol. The molecule has 0 aliphatic rings. The molecule has 0 fully saturated rings. The van der Waals surface area contributed by atoms with E-state index in [4.69, 9.17) is 5.73 Å². The maximum Gasteiger partial charge on any atom is 0.341 e. The van der Waals surface area contributed by atoms with Gasteiger partial charge in [-0.1, -0.05) is 6.07 Å². The van der Waals surface area contributed by atoms with E-state index in [1.807, 2.05) is 0 Å². The molecule has 0 heterocycles. The second-order valence-corrected chi connectivity index (χ2v) is 4.32. The number of anilines is 1. The predicted molar refractivity (Wildman–Crippen MR) is 44.0 cm³/mol. The van der Waals surface area contributed by atoms with Crippen LogP contribution in [0.25, 0.3) is 0 Å². The topological polar surface area (TPSA) is 60.2 Å². The maximum absolute atomic E-state index is 12.9. The van der Waals surface area contributed by atoms with Gasteiger partial charge in [0.1, 0.15) is 10.7 Å². The Kier molecular flexibility index (Phi) is 2.70. The molecule has 0 bridgehead atoms. The van der Waals surface area contributed by atoms with E-state index in [2.05, 4.69) is 0 Å². The maximum atomic E-state index is 12.9. The fraction of sp³-hybridized carbons (Fsp3) is 0.143. The first-order chi connectivity index (χ1) is 6.37. The van der Waals surface area contributed by atoms with Crippen LogP contribution in [0.5, 0.6) is 0 Å². The van der Waals surface area contributed by atoms with Crippen LogP contribution in [0.1, 0.15) is 0 Å². The summed E-state index contributed by atoms with van der Waals surface area (Å²) >= 11 is 0. The summed E-state index contributed by atoms with van der Waals surface area (Å²) < 4.78 is 58.8. The minimum atomic E-state index is -4.97. The molecular formula is C7H6F3NO2S. The van der Waals surface area contributed by atoms with Crippen LogP contribution < -0.4 is 5.73 Å². The lowest BCUT2D eigenvalue weighted by Crippen LogP contribution is -2.15. The SMILES string of the molecule is Nc1cccc(F)c1S(=O)(=O)C(F)F. The van der Waals surface area contributed by atoms with Gasteiger partial charge in [0.2, 0.25) is 9.84 Å². The molecule has 0 aliphatic carbocycles. The highest BCUT2D eigenvalue weighted by Gasteiger charge is 2.31. The van der Waals surface area contributed by atoms with E-state index in [9.17, 15) is 21.6 Å². The normalized spacial score (nSPS) is 12.0. The Morgan fingerprint density at radius 2 is 1.86 bits per heavy atom. The molecule has 3 nitrogen and oxygen atoms in total. The van der Waals surface area contributed by atoms with Gasteiger partial charge in [-0.15, -0.1) is 0 Å². The number of alkyl halides is 2. The van der Waals surface area contributed by atoms with Crippen molar-refractivity contribution in [2.45, 2.75) is 10.7 Å². The lowest BCUT2D eigenvalue weighted by molar-refractivity contribution is 0.234. The summed E-state index contributed by atoms with van der Waals surface area (Å²) in [6.45, 7) is 0. The van der Waals surface area contributed by atoms with Crippen LogP contribution in [-0.2, 0) is 9.84 Å². The molecule has 0 atom stereocenters. The summed E-state index contributed by atoms with van der Waals surface area (Å²) in [7, 11) is -4.97. The summed E-state index contributed by atoms with van der Waals surface area (Å²) in [4.78, 5) is -1.14. The van der Waals surface area contributed by atoms with Gasteiger partial charge in [0.15, 0.2) is 0 Å². The smallest absolute Gasteiger partial charge is 0.341 e. The highest BCUT2D eigenvalue weighted by atomic mass is 32.2. The Morgan fingerprint density at radius 1 is 1.29 bits per heavy atom. The number of hydrogen-bond acceptors (Lipinski definition) is 3. The molecule has 0 aromatic heterocycles. The number of nitrogens with two attached hydrogens (primary N) is 1. The molecule has 0 spiro atoms. The fourth-order valence-electron chi connectivity index (χ4n) is 0.915. The molecular weight excluding hydrogens is 219 g/mol. The van der Waals surface area contributed by atoms with E-state index in [0.717, 1.165) is 18.2 Å². The van der Waals surface area contributed by atoms with Crippen molar-refractivity contribution in [1.29, 1.82) is 0 Å². The first-order valence-electron chi connectivity index (χ1n) is 3.43. The van der Waals surface area contributed by atoms with Gasteiger partial charge in [0, 0.05) is 0 Å². The van der Waals surface area contributed by atoms with Crippen LogP contribution in [0.15, 0.2) is 23.1 Å². The zero-order valence-corrected chi connectivity index (χ0v) is 7.56. The second kappa shape index (κ2) is 3.49. The molecule has 78 valence electrons. The van der Waals surface area contributed by atoms with Crippen LogP contribution in [0.3, 0.4) is 0 Å². The molecule has 7 heteroatoms. The van der Waals surface area contributed by atoms with Crippen LogP contribution >= 0.6 is 0 Å². The van der Waals surface area contributed by atoms with Crippen LogP contribution in [-0.4, -0.2) is 14.2 Å². The first kappa shape index (κ1) is 10.8. The third-order valence-corrected chi connectivity index (χ3v) is 2.99. The van der Waals surface area contributed by atoms with E-state index in [1.54, 1.807) is 0 Å². The molecule has 2 N–H and O–H groups in total. The predicted octanol–water partition coefficient (Wildman–Crippen LogP) is 1.40. The number of rotatable bonds is 2. The Bertz CT molecular complexity index is 424.